The largest absolute Gasteiger partial charge is 0.353 e. The Morgan fingerprint density at radius 1 is 1.64 bits per heavy atom. The van der Waals surface area contributed by atoms with Crippen molar-refractivity contribution in [2.75, 3.05) is 0 Å². The van der Waals surface area contributed by atoms with Gasteiger partial charge in [0.05, 0.1) is 0 Å². The van der Waals surface area contributed by atoms with Gasteiger partial charge in [-0.2, -0.15) is 5.26 Å². The summed E-state index contributed by atoms with van der Waals surface area (Å²) in [5.74, 6) is 0.569. The summed E-state index contributed by atoms with van der Waals surface area (Å²) in [5.41, 5.74) is 2.01. The lowest BCUT2D eigenvalue weighted by Crippen LogP contribution is -2.11. The van der Waals surface area contributed by atoms with E-state index in [0.29, 0.717) is 11.6 Å². The second-order valence-electron chi connectivity index (χ2n) is 2.95. The van der Waals surface area contributed by atoms with Crippen LogP contribution in [-0.4, -0.2) is 0 Å². The molecule has 1 N–H and O–H groups in total. The molecule has 1 aliphatic heterocycles. The molecule has 0 aromatic carbocycles. The summed E-state index contributed by atoms with van der Waals surface area (Å²) in [4.78, 5) is 0. The molecule has 58 valence electrons. The fourth-order valence-electron chi connectivity index (χ4n) is 0.989. The number of allylic oxidation sites excluding steroid dienone is 3. The molecule has 0 spiro atoms. The summed E-state index contributed by atoms with van der Waals surface area (Å²) in [6.07, 6.45) is 4.77. The third-order valence-electron chi connectivity index (χ3n) is 1.82. The van der Waals surface area contributed by atoms with Crippen LogP contribution in [-0.2, 0) is 0 Å². The van der Waals surface area contributed by atoms with Crippen LogP contribution in [0.4, 0.5) is 0 Å². The van der Waals surface area contributed by atoms with E-state index in [4.69, 9.17) is 5.26 Å². The van der Waals surface area contributed by atoms with E-state index in [9.17, 15) is 0 Å². The zero-order valence-corrected chi connectivity index (χ0v) is 6.89. The minimum Gasteiger partial charge on any atom is -0.353 e. The Kier molecular flexibility index (Phi) is 2.32. The van der Waals surface area contributed by atoms with E-state index >= 15 is 0 Å². The van der Waals surface area contributed by atoms with Crippen molar-refractivity contribution in [3.8, 4) is 6.07 Å². The first-order chi connectivity index (χ1) is 5.24. The zero-order chi connectivity index (χ0) is 8.27. The number of rotatable bonds is 1. The molecule has 0 saturated carbocycles. The van der Waals surface area contributed by atoms with Gasteiger partial charge in [-0.05, 0) is 24.0 Å². The van der Waals surface area contributed by atoms with Crippen LogP contribution in [0.2, 0.25) is 0 Å². The van der Waals surface area contributed by atoms with E-state index in [1.165, 1.54) is 5.57 Å². The van der Waals surface area contributed by atoms with Crippen molar-refractivity contribution in [1.29, 1.82) is 5.26 Å². The predicted molar refractivity (Wildman–Crippen MR) is 44.4 cm³/mol. The van der Waals surface area contributed by atoms with Gasteiger partial charge in [0, 0.05) is 6.20 Å². The molecule has 0 unspecified atom stereocenters. The second-order valence-corrected chi connectivity index (χ2v) is 2.95. The molecule has 0 fully saturated rings. The molecular formula is C9H12N2. The third kappa shape index (κ3) is 1.84. The van der Waals surface area contributed by atoms with E-state index < -0.39 is 0 Å². The number of hydrogen-bond acceptors (Lipinski definition) is 2. The highest BCUT2D eigenvalue weighted by Gasteiger charge is 2.06. The molecule has 0 aromatic heterocycles. The van der Waals surface area contributed by atoms with E-state index in [0.717, 1.165) is 6.42 Å². The summed E-state index contributed by atoms with van der Waals surface area (Å²) in [6, 6.07) is 2.07. The van der Waals surface area contributed by atoms with Crippen LogP contribution >= 0.6 is 0 Å². The first kappa shape index (κ1) is 7.87. The lowest BCUT2D eigenvalue weighted by Gasteiger charge is -2.14. The molecule has 1 aliphatic rings. The van der Waals surface area contributed by atoms with Gasteiger partial charge < -0.3 is 5.32 Å². The van der Waals surface area contributed by atoms with Gasteiger partial charge in [-0.1, -0.05) is 13.8 Å². The van der Waals surface area contributed by atoms with Crippen LogP contribution in [0.25, 0.3) is 0 Å². The quantitative estimate of drug-likeness (QED) is 0.616. The van der Waals surface area contributed by atoms with Gasteiger partial charge in [-0.3, -0.25) is 0 Å². The number of hydrogen-bond donors (Lipinski definition) is 1. The number of dihydropyridines is 1. The maximum absolute atomic E-state index is 8.51. The summed E-state index contributed by atoms with van der Waals surface area (Å²) in [6.45, 7) is 4.30. The summed E-state index contributed by atoms with van der Waals surface area (Å²) in [5, 5.41) is 11.4. The van der Waals surface area contributed by atoms with Crippen molar-refractivity contribution in [1.82, 2.24) is 5.32 Å². The number of nitrogens with zero attached hydrogens (tertiary/aromatic N) is 1. The van der Waals surface area contributed by atoms with Crippen molar-refractivity contribution in [2.24, 2.45) is 5.92 Å². The summed E-state index contributed by atoms with van der Waals surface area (Å²) < 4.78 is 0. The van der Waals surface area contributed by atoms with Crippen molar-refractivity contribution in [2.45, 2.75) is 20.3 Å². The lowest BCUT2D eigenvalue weighted by molar-refractivity contribution is 0.726. The van der Waals surface area contributed by atoms with Crippen LogP contribution in [0.15, 0.2) is 23.5 Å². The van der Waals surface area contributed by atoms with Gasteiger partial charge in [0.15, 0.2) is 0 Å². The van der Waals surface area contributed by atoms with Crippen molar-refractivity contribution in [3.63, 3.8) is 0 Å². The molecule has 0 bridgehead atoms. The topological polar surface area (TPSA) is 35.8 Å². The Morgan fingerprint density at radius 2 is 2.36 bits per heavy atom. The Hall–Kier alpha value is -1.23. The van der Waals surface area contributed by atoms with Crippen LogP contribution in [0.3, 0.4) is 0 Å². The first-order valence-electron chi connectivity index (χ1n) is 3.79. The molecule has 2 nitrogen and oxygen atoms in total. The minimum atomic E-state index is 0.569. The van der Waals surface area contributed by atoms with Crippen LogP contribution < -0.4 is 5.32 Å². The molecule has 0 radical (unpaired) electrons. The molecule has 1 heterocycles. The van der Waals surface area contributed by atoms with Gasteiger partial charge in [0.1, 0.15) is 11.8 Å². The zero-order valence-electron chi connectivity index (χ0n) is 6.89. The Labute approximate surface area is 67.2 Å². The van der Waals surface area contributed by atoms with Gasteiger partial charge >= 0.3 is 0 Å². The highest BCUT2D eigenvalue weighted by molar-refractivity contribution is 5.28. The molecule has 2 heteroatoms. The van der Waals surface area contributed by atoms with Crippen molar-refractivity contribution >= 4 is 0 Å². The van der Waals surface area contributed by atoms with E-state index in [-0.39, 0.29) is 0 Å². The van der Waals surface area contributed by atoms with Gasteiger partial charge in [-0.25, -0.2) is 0 Å². The third-order valence-corrected chi connectivity index (χ3v) is 1.82. The molecule has 0 amide bonds. The summed E-state index contributed by atoms with van der Waals surface area (Å²) >= 11 is 0. The average molecular weight is 148 g/mol. The molecule has 0 saturated heterocycles. The minimum absolute atomic E-state index is 0.569. The average Bonchev–Trinajstić information content (AvgIpc) is 2.05. The first-order valence-corrected chi connectivity index (χ1v) is 3.79. The van der Waals surface area contributed by atoms with E-state index in [2.05, 4.69) is 25.2 Å². The normalized spacial score (nSPS) is 16.5. The fraction of sp³-hybridized carbons (Fsp3) is 0.444. The molecule has 11 heavy (non-hydrogen) atoms. The SMILES string of the molecule is CC(C)C1=CNC(C#N)=CC1. The van der Waals surface area contributed by atoms with Crippen LogP contribution in [0.1, 0.15) is 20.3 Å². The highest BCUT2D eigenvalue weighted by Crippen LogP contribution is 2.17. The summed E-state index contributed by atoms with van der Waals surface area (Å²) in [7, 11) is 0. The van der Waals surface area contributed by atoms with Crippen LogP contribution in [0.5, 0.6) is 0 Å². The monoisotopic (exact) mass is 148 g/mol. The molecule has 0 aliphatic carbocycles. The smallest absolute Gasteiger partial charge is 0.117 e. The number of nitrogens with one attached hydrogen (secondary N) is 1. The van der Waals surface area contributed by atoms with E-state index in [1.807, 2.05) is 12.3 Å². The second kappa shape index (κ2) is 3.25. The molecule has 0 atom stereocenters. The van der Waals surface area contributed by atoms with Crippen molar-refractivity contribution in [3.05, 3.63) is 23.5 Å². The van der Waals surface area contributed by atoms with Gasteiger partial charge in [0.2, 0.25) is 0 Å². The maximum Gasteiger partial charge on any atom is 0.117 e. The van der Waals surface area contributed by atoms with Crippen LogP contribution in [0, 0.1) is 17.2 Å². The van der Waals surface area contributed by atoms with Crippen molar-refractivity contribution < 1.29 is 0 Å². The van der Waals surface area contributed by atoms with Gasteiger partial charge in [-0.15, -0.1) is 0 Å². The van der Waals surface area contributed by atoms with E-state index in [1.54, 1.807) is 0 Å². The lowest BCUT2D eigenvalue weighted by atomic mass is 9.99. The predicted octanol–water partition coefficient (Wildman–Crippen LogP) is 1.93. The highest BCUT2D eigenvalue weighted by atomic mass is 14.9. The van der Waals surface area contributed by atoms with Gasteiger partial charge in [0.25, 0.3) is 0 Å². The number of nitriles is 1. The Morgan fingerprint density at radius 3 is 2.73 bits per heavy atom. The standard InChI is InChI=1S/C9H12N2/c1-7(2)8-3-4-9(5-10)11-6-8/h4,6-7,11H,3H2,1-2H3. The molecule has 1 rings (SSSR count). The fourth-order valence-corrected chi connectivity index (χ4v) is 0.989. The molecule has 0 aromatic rings. The Balaban J connectivity index is 2.59. The Bertz CT molecular complexity index is 241. The molecular weight excluding hydrogens is 136 g/mol. The maximum atomic E-state index is 8.51.